The van der Waals surface area contributed by atoms with Crippen molar-refractivity contribution < 1.29 is 14.3 Å². The van der Waals surface area contributed by atoms with Crippen molar-refractivity contribution >= 4 is 34.8 Å². The van der Waals surface area contributed by atoms with E-state index >= 15 is 0 Å². The second-order valence-electron chi connectivity index (χ2n) is 7.04. The first-order valence-electron chi connectivity index (χ1n) is 8.83. The Labute approximate surface area is 162 Å². The Balaban J connectivity index is 1.47. The zero-order valence-electron chi connectivity index (χ0n) is 14.6. The van der Waals surface area contributed by atoms with E-state index in [1.165, 1.54) is 0 Å². The lowest BCUT2D eigenvalue weighted by molar-refractivity contribution is -0.192. The molecule has 4 rings (SSSR count). The van der Waals surface area contributed by atoms with E-state index in [1.807, 2.05) is 11.8 Å². The number of ether oxygens (including phenoxy) is 2. The standard InChI is InChI=1S/C18H21Cl2N3O3/c1-18(25-5-6-26-18)12-3-2-4-22(9-12)16(24)8-14-11-23-10-13(19)7-15(20)17(23)21-14/h7,10-12H,2-6,8-9H2,1H3/t12-/m1/s1. The van der Waals surface area contributed by atoms with Crippen LogP contribution >= 0.6 is 23.2 Å². The van der Waals surface area contributed by atoms with Gasteiger partial charge in [0, 0.05) is 31.4 Å². The smallest absolute Gasteiger partial charge is 0.228 e. The van der Waals surface area contributed by atoms with Crippen LogP contribution in [0.25, 0.3) is 5.65 Å². The molecule has 0 aromatic carbocycles. The lowest BCUT2D eigenvalue weighted by Gasteiger charge is -2.39. The van der Waals surface area contributed by atoms with Gasteiger partial charge in [-0.3, -0.25) is 4.79 Å². The van der Waals surface area contributed by atoms with Crippen LogP contribution in [0.5, 0.6) is 0 Å². The maximum absolute atomic E-state index is 12.8. The van der Waals surface area contributed by atoms with E-state index in [-0.39, 0.29) is 18.2 Å². The molecule has 8 heteroatoms. The minimum Gasteiger partial charge on any atom is -0.347 e. The number of aromatic nitrogens is 2. The Morgan fingerprint density at radius 3 is 2.88 bits per heavy atom. The van der Waals surface area contributed by atoms with Gasteiger partial charge in [0.1, 0.15) is 0 Å². The molecule has 2 aliphatic heterocycles. The van der Waals surface area contributed by atoms with Crippen LogP contribution in [0, 0.1) is 5.92 Å². The highest BCUT2D eigenvalue weighted by atomic mass is 35.5. The van der Waals surface area contributed by atoms with Gasteiger partial charge in [-0.15, -0.1) is 0 Å². The Morgan fingerprint density at radius 2 is 2.12 bits per heavy atom. The summed E-state index contributed by atoms with van der Waals surface area (Å²) in [6.07, 6.45) is 5.72. The second kappa shape index (κ2) is 7.00. The quantitative estimate of drug-likeness (QED) is 0.797. The number of piperidine rings is 1. The summed E-state index contributed by atoms with van der Waals surface area (Å²) >= 11 is 12.2. The number of likely N-dealkylation sites (tertiary alicyclic amines) is 1. The first kappa shape index (κ1) is 18.0. The van der Waals surface area contributed by atoms with E-state index in [4.69, 9.17) is 32.7 Å². The van der Waals surface area contributed by atoms with E-state index in [0.717, 1.165) is 19.4 Å². The third-order valence-electron chi connectivity index (χ3n) is 5.23. The number of amides is 1. The average Bonchev–Trinajstić information content (AvgIpc) is 3.22. The largest absolute Gasteiger partial charge is 0.347 e. The Morgan fingerprint density at radius 1 is 1.35 bits per heavy atom. The monoisotopic (exact) mass is 397 g/mol. The highest BCUT2D eigenvalue weighted by Crippen LogP contribution is 2.34. The van der Waals surface area contributed by atoms with E-state index in [2.05, 4.69) is 4.98 Å². The van der Waals surface area contributed by atoms with Crippen LogP contribution < -0.4 is 0 Å². The number of pyridine rings is 1. The van der Waals surface area contributed by atoms with Gasteiger partial charge in [-0.25, -0.2) is 4.98 Å². The zero-order chi connectivity index (χ0) is 18.3. The number of hydrogen-bond acceptors (Lipinski definition) is 4. The van der Waals surface area contributed by atoms with Crippen molar-refractivity contribution in [1.29, 1.82) is 0 Å². The number of hydrogen-bond donors (Lipinski definition) is 0. The Kier molecular flexibility index (Phi) is 4.86. The van der Waals surface area contributed by atoms with Crippen molar-refractivity contribution in [2.45, 2.75) is 32.0 Å². The molecule has 2 saturated heterocycles. The molecule has 0 unspecified atom stereocenters. The van der Waals surface area contributed by atoms with Crippen molar-refractivity contribution in [2.75, 3.05) is 26.3 Å². The SMILES string of the molecule is CC1([C@@H]2CCCN(C(=O)Cc3cn4cc(Cl)cc(Cl)c4n3)C2)OCCO1. The van der Waals surface area contributed by atoms with E-state index in [0.29, 0.717) is 41.1 Å². The molecule has 2 fully saturated rings. The van der Waals surface area contributed by atoms with Crippen LogP contribution in [0.2, 0.25) is 10.0 Å². The molecule has 0 saturated carbocycles. The molecule has 6 nitrogen and oxygen atoms in total. The van der Waals surface area contributed by atoms with Crippen LogP contribution in [0.1, 0.15) is 25.5 Å². The van der Waals surface area contributed by atoms with Crippen molar-refractivity contribution in [3.8, 4) is 0 Å². The molecule has 4 heterocycles. The Hall–Kier alpha value is -1.34. The van der Waals surface area contributed by atoms with Gasteiger partial charge in [-0.2, -0.15) is 0 Å². The number of halogens is 2. The summed E-state index contributed by atoms with van der Waals surface area (Å²) in [5.74, 6) is -0.328. The zero-order valence-corrected chi connectivity index (χ0v) is 16.1. The molecule has 0 N–H and O–H groups in total. The lowest BCUT2D eigenvalue weighted by atomic mass is 9.90. The fourth-order valence-corrected chi connectivity index (χ4v) is 4.35. The predicted molar refractivity (Wildman–Crippen MR) is 98.5 cm³/mol. The molecule has 26 heavy (non-hydrogen) atoms. The number of imidazole rings is 1. The fourth-order valence-electron chi connectivity index (χ4n) is 3.82. The van der Waals surface area contributed by atoms with Crippen molar-refractivity contribution in [3.63, 3.8) is 0 Å². The Bertz CT molecular complexity index is 832. The third kappa shape index (κ3) is 3.43. The molecule has 2 aromatic rings. The van der Waals surface area contributed by atoms with Gasteiger partial charge < -0.3 is 18.8 Å². The van der Waals surface area contributed by atoms with Crippen molar-refractivity contribution in [2.24, 2.45) is 5.92 Å². The maximum atomic E-state index is 12.8. The highest BCUT2D eigenvalue weighted by molar-refractivity contribution is 6.36. The van der Waals surface area contributed by atoms with E-state index < -0.39 is 5.79 Å². The van der Waals surface area contributed by atoms with Gasteiger partial charge >= 0.3 is 0 Å². The third-order valence-corrected chi connectivity index (χ3v) is 5.72. The second-order valence-corrected chi connectivity index (χ2v) is 7.88. The molecular formula is C18H21Cl2N3O3. The summed E-state index contributed by atoms with van der Waals surface area (Å²) < 4.78 is 13.3. The van der Waals surface area contributed by atoms with Gasteiger partial charge in [-0.05, 0) is 25.8 Å². The number of carbonyl (C=O) groups is 1. The lowest BCUT2D eigenvalue weighted by Crippen LogP contribution is -2.49. The van der Waals surface area contributed by atoms with Gasteiger partial charge in [0.2, 0.25) is 5.91 Å². The van der Waals surface area contributed by atoms with E-state index in [1.54, 1.807) is 22.9 Å². The molecule has 0 spiro atoms. The van der Waals surface area contributed by atoms with Crippen molar-refractivity contribution in [3.05, 3.63) is 34.2 Å². The van der Waals surface area contributed by atoms with Gasteiger partial charge in [0.05, 0.1) is 35.4 Å². The minimum absolute atomic E-state index is 0.0573. The van der Waals surface area contributed by atoms with Crippen LogP contribution in [0.15, 0.2) is 18.5 Å². The molecule has 2 aliphatic rings. The molecule has 140 valence electrons. The number of carbonyl (C=O) groups excluding carboxylic acids is 1. The average molecular weight is 398 g/mol. The maximum Gasteiger partial charge on any atom is 0.228 e. The molecule has 0 aliphatic carbocycles. The number of nitrogens with zero attached hydrogens (tertiary/aromatic N) is 3. The number of fused-ring (bicyclic) bond motifs is 1. The molecule has 0 radical (unpaired) electrons. The van der Waals surface area contributed by atoms with Gasteiger partial charge in [0.15, 0.2) is 11.4 Å². The van der Waals surface area contributed by atoms with Gasteiger partial charge in [0.25, 0.3) is 0 Å². The summed E-state index contributed by atoms with van der Waals surface area (Å²) in [4.78, 5) is 19.2. The van der Waals surface area contributed by atoms with Crippen molar-refractivity contribution in [1.82, 2.24) is 14.3 Å². The summed E-state index contributed by atoms with van der Waals surface area (Å²) in [6.45, 7) is 4.62. The van der Waals surface area contributed by atoms with Crippen LogP contribution in [0.4, 0.5) is 0 Å². The number of rotatable bonds is 3. The first-order chi connectivity index (χ1) is 12.4. The van der Waals surface area contributed by atoms with Crippen LogP contribution in [0.3, 0.4) is 0 Å². The highest BCUT2D eigenvalue weighted by Gasteiger charge is 2.42. The predicted octanol–water partition coefficient (Wildman–Crippen LogP) is 3.19. The van der Waals surface area contributed by atoms with Crippen LogP contribution in [-0.2, 0) is 20.7 Å². The first-order valence-corrected chi connectivity index (χ1v) is 9.58. The minimum atomic E-state index is -0.577. The van der Waals surface area contributed by atoms with E-state index in [9.17, 15) is 4.79 Å². The molecular weight excluding hydrogens is 377 g/mol. The molecule has 1 amide bonds. The summed E-state index contributed by atoms with van der Waals surface area (Å²) in [5, 5.41) is 0.999. The summed E-state index contributed by atoms with van der Waals surface area (Å²) in [6, 6.07) is 1.65. The normalized spacial score (nSPS) is 22.9. The molecule has 2 aromatic heterocycles. The fraction of sp³-hybridized carbons (Fsp3) is 0.556. The van der Waals surface area contributed by atoms with Crippen LogP contribution in [-0.4, -0.2) is 52.3 Å². The summed E-state index contributed by atoms with van der Waals surface area (Å²) in [5.41, 5.74) is 1.29. The molecule has 1 atom stereocenters. The summed E-state index contributed by atoms with van der Waals surface area (Å²) in [7, 11) is 0. The molecule has 0 bridgehead atoms. The topological polar surface area (TPSA) is 56.1 Å². The van der Waals surface area contributed by atoms with Gasteiger partial charge in [-0.1, -0.05) is 23.2 Å².